The van der Waals surface area contributed by atoms with Crippen molar-refractivity contribution < 1.29 is 23.5 Å². The van der Waals surface area contributed by atoms with Gasteiger partial charge in [0.15, 0.2) is 5.78 Å². The van der Waals surface area contributed by atoms with Gasteiger partial charge in [-0.25, -0.2) is 4.79 Å². The van der Waals surface area contributed by atoms with Gasteiger partial charge < -0.3 is 19.6 Å². The molecule has 0 aromatic carbocycles. The lowest BCUT2D eigenvalue weighted by molar-refractivity contribution is -0.139. The minimum Gasteiger partial charge on any atom is -0.468 e. The van der Waals surface area contributed by atoms with Gasteiger partial charge in [0.25, 0.3) is 0 Å². The maximum Gasteiger partial charge on any atom is 0.340 e. The third-order valence-electron chi connectivity index (χ3n) is 5.01. The van der Waals surface area contributed by atoms with Crippen LogP contribution in [0.5, 0.6) is 0 Å². The van der Waals surface area contributed by atoms with Crippen molar-refractivity contribution in [3.8, 4) is 0 Å². The van der Waals surface area contributed by atoms with Crippen molar-refractivity contribution in [2.75, 3.05) is 6.61 Å². The quantitative estimate of drug-likeness (QED) is 0.545. The third kappa shape index (κ3) is 4.26. The summed E-state index contributed by atoms with van der Waals surface area (Å²) in [5.74, 6) is -0.200. The summed E-state index contributed by atoms with van der Waals surface area (Å²) in [6.45, 7) is 2.48. The van der Waals surface area contributed by atoms with Crippen molar-refractivity contribution in [3.63, 3.8) is 0 Å². The van der Waals surface area contributed by atoms with Crippen molar-refractivity contribution in [3.05, 3.63) is 46.9 Å². The fourth-order valence-corrected chi connectivity index (χ4v) is 3.64. The van der Waals surface area contributed by atoms with Crippen LogP contribution in [0.1, 0.15) is 70.0 Å². The molecule has 1 aliphatic heterocycles. The van der Waals surface area contributed by atoms with Crippen LogP contribution in [0.15, 0.2) is 45.6 Å². The highest BCUT2D eigenvalue weighted by molar-refractivity contribution is 6.03. The summed E-state index contributed by atoms with van der Waals surface area (Å²) in [4.78, 5) is 25.3. The normalized spacial score (nSPS) is 19.7. The topological polar surface area (TPSA) is 91.8 Å². The van der Waals surface area contributed by atoms with Crippen LogP contribution in [0, 0.1) is 0 Å². The van der Waals surface area contributed by atoms with Crippen molar-refractivity contribution in [2.24, 2.45) is 5.73 Å². The van der Waals surface area contributed by atoms with Gasteiger partial charge in [-0.15, -0.1) is 0 Å². The SMILES string of the molecule is CCCCCCCOC(=O)C1=C(N)OC2=C(C(=O)CCC2)C1c1ccco1. The van der Waals surface area contributed by atoms with Crippen molar-refractivity contribution in [1.29, 1.82) is 0 Å². The number of ketones is 1. The predicted octanol–water partition coefficient (Wildman–Crippen LogP) is 4.08. The third-order valence-corrected chi connectivity index (χ3v) is 5.01. The van der Waals surface area contributed by atoms with Crippen LogP contribution in [0.4, 0.5) is 0 Å². The molecule has 1 aromatic heterocycles. The van der Waals surface area contributed by atoms with E-state index in [2.05, 4.69) is 6.92 Å². The van der Waals surface area contributed by atoms with Gasteiger partial charge in [0, 0.05) is 18.4 Å². The van der Waals surface area contributed by atoms with E-state index in [1.54, 1.807) is 12.1 Å². The Balaban J connectivity index is 1.78. The van der Waals surface area contributed by atoms with E-state index in [9.17, 15) is 9.59 Å². The van der Waals surface area contributed by atoms with Crippen molar-refractivity contribution in [1.82, 2.24) is 0 Å². The second-order valence-electron chi connectivity index (χ2n) is 6.99. The first kappa shape index (κ1) is 19.3. The van der Waals surface area contributed by atoms with E-state index >= 15 is 0 Å². The van der Waals surface area contributed by atoms with Gasteiger partial charge in [-0.05, 0) is 25.0 Å². The summed E-state index contributed by atoms with van der Waals surface area (Å²) in [6, 6.07) is 3.47. The molecule has 6 nitrogen and oxygen atoms in total. The molecule has 1 atom stereocenters. The zero-order chi connectivity index (χ0) is 19.2. The smallest absolute Gasteiger partial charge is 0.340 e. The number of allylic oxidation sites excluding steroid dienone is 2. The average Bonchev–Trinajstić information content (AvgIpc) is 3.18. The summed E-state index contributed by atoms with van der Waals surface area (Å²) >= 11 is 0. The fourth-order valence-electron chi connectivity index (χ4n) is 3.64. The maximum atomic E-state index is 12.8. The van der Waals surface area contributed by atoms with Crippen LogP contribution in [0.25, 0.3) is 0 Å². The minimum atomic E-state index is -0.663. The number of hydrogen-bond donors (Lipinski definition) is 1. The number of nitrogens with two attached hydrogens (primary N) is 1. The number of esters is 1. The molecule has 0 bridgehead atoms. The highest BCUT2D eigenvalue weighted by atomic mass is 16.5. The lowest BCUT2D eigenvalue weighted by atomic mass is 9.79. The number of carbonyl (C=O) groups excluding carboxylic acids is 2. The van der Waals surface area contributed by atoms with Gasteiger partial charge in [-0.2, -0.15) is 0 Å². The number of ether oxygens (including phenoxy) is 2. The average molecular weight is 373 g/mol. The van der Waals surface area contributed by atoms with E-state index in [1.807, 2.05) is 0 Å². The molecular formula is C21H27NO5. The molecule has 2 N–H and O–H groups in total. The molecule has 146 valence electrons. The number of Topliss-reactive ketones (excluding diaryl/α,β-unsaturated/α-hetero) is 1. The minimum absolute atomic E-state index is 0.000771. The van der Waals surface area contributed by atoms with E-state index in [0.29, 0.717) is 43.0 Å². The molecule has 1 aromatic rings. The zero-order valence-electron chi connectivity index (χ0n) is 15.8. The van der Waals surface area contributed by atoms with Crippen LogP contribution in [-0.2, 0) is 19.1 Å². The van der Waals surface area contributed by atoms with E-state index in [-0.39, 0.29) is 17.2 Å². The molecule has 0 amide bonds. The van der Waals surface area contributed by atoms with Crippen molar-refractivity contribution in [2.45, 2.75) is 64.2 Å². The van der Waals surface area contributed by atoms with Crippen LogP contribution < -0.4 is 5.73 Å². The first-order valence-corrected chi connectivity index (χ1v) is 9.77. The second-order valence-corrected chi connectivity index (χ2v) is 6.99. The highest BCUT2D eigenvalue weighted by Gasteiger charge is 2.42. The van der Waals surface area contributed by atoms with Crippen molar-refractivity contribution >= 4 is 11.8 Å². The number of unbranched alkanes of at least 4 members (excludes halogenated alkanes) is 4. The molecule has 0 saturated heterocycles. The monoisotopic (exact) mass is 373 g/mol. The Morgan fingerprint density at radius 2 is 2.07 bits per heavy atom. The van der Waals surface area contributed by atoms with Gasteiger partial charge in [-0.1, -0.05) is 32.6 Å². The van der Waals surface area contributed by atoms with Crippen LogP contribution in [0.3, 0.4) is 0 Å². The zero-order valence-corrected chi connectivity index (χ0v) is 15.8. The molecule has 0 fully saturated rings. The maximum absolute atomic E-state index is 12.8. The molecule has 2 aliphatic rings. The molecule has 27 heavy (non-hydrogen) atoms. The summed E-state index contributed by atoms with van der Waals surface area (Å²) < 4.78 is 16.6. The Kier molecular flexibility index (Phi) is 6.37. The molecule has 2 heterocycles. The van der Waals surface area contributed by atoms with Gasteiger partial charge >= 0.3 is 5.97 Å². The Morgan fingerprint density at radius 3 is 2.81 bits per heavy atom. The standard InChI is InChI=1S/C21H27NO5/c1-2-3-4-5-6-12-26-21(24)19-18(15-11-8-13-25-15)17-14(23)9-7-10-16(17)27-20(19)22/h8,11,13,18H,2-7,9-10,12,22H2,1H3. The van der Waals surface area contributed by atoms with Crippen LogP contribution in [-0.4, -0.2) is 18.4 Å². The van der Waals surface area contributed by atoms with E-state index < -0.39 is 11.9 Å². The number of carbonyl (C=O) groups is 2. The number of hydrogen-bond acceptors (Lipinski definition) is 6. The van der Waals surface area contributed by atoms with Gasteiger partial charge in [0.1, 0.15) is 17.1 Å². The predicted molar refractivity (Wildman–Crippen MR) is 99.3 cm³/mol. The lowest BCUT2D eigenvalue weighted by Crippen LogP contribution is -2.31. The Labute approximate surface area is 159 Å². The van der Waals surface area contributed by atoms with E-state index in [0.717, 1.165) is 25.7 Å². The van der Waals surface area contributed by atoms with Gasteiger partial charge in [0.2, 0.25) is 5.88 Å². The lowest BCUT2D eigenvalue weighted by Gasteiger charge is -2.31. The number of furan rings is 1. The first-order chi connectivity index (χ1) is 13.1. The summed E-state index contributed by atoms with van der Waals surface area (Å²) in [7, 11) is 0. The molecule has 6 heteroatoms. The summed E-state index contributed by atoms with van der Waals surface area (Å²) in [5, 5.41) is 0. The molecule has 1 aliphatic carbocycles. The fraction of sp³-hybridized carbons (Fsp3) is 0.524. The van der Waals surface area contributed by atoms with Crippen LogP contribution >= 0.6 is 0 Å². The highest BCUT2D eigenvalue weighted by Crippen LogP contribution is 2.44. The molecule has 3 rings (SSSR count). The largest absolute Gasteiger partial charge is 0.468 e. The Hall–Kier alpha value is -2.50. The molecule has 1 unspecified atom stereocenters. The molecular weight excluding hydrogens is 346 g/mol. The molecule has 0 saturated carbocycles. The Bertz CT molecular complexity index is 745. The van der Waals surface area contributed by atoms with Gasteiger partial charge in [0.05, 0.1) is 18.8 Å². The summed E-state index contributed by atoms with van der Waals surface area (Å²) in [5.41, 5.74) is 6.70. The van der Waals surface area contributed by atoms with Crippen LogP contribution in [0.2, 0.25) is 0 Å². The second kappa shape index (κ2) is 8.93. The molecule has 0 radical (unpaired) electrons. The number of rotatable bonds is 8. The summed E-state index contributed by atoms with van der Waals surface area (Å²) in [6.07, 6.45) is 8.58. The first-order valence-electron chi connectivity index (χ1n) is 9.77. The van der Waals surface area contributed by atoms with Gasteiger partial charge in [-0.3, -0.25) is 4.79 Å². The molecule has 0 spiro atoms. The van der Waals surface area contributed by atoms with E-state index in [4.69, 9.17) is 19.6 Å². The Morgan fingerprint density at radius 1 is 1.26 bits per heavy atom. The van der Waals surface area contributed by atoms with E-state index in [1.165, 1.54) is 12.7 Å².